The minimum atomic E-state index is 0.0441. The third-order valence-electron chi connectivity index (χ3n) is 1.40. The van der Waals surface area contributed by atoms with Crippen molar-refractivity contribution in [3.05, 3.63) is 18.0 Å². The van der Waals surface area contributed by atoms with E-state index in [1.807, 2.05) is 13.8 Å². The molecule has 5 nitrogen and oxygen atoms in total. The van der Waals surface area contributed by atoms with Crippen LogP contribution >= 0.6 is 0 Å². The van der Waals surface area contributed by atoms with Crippen LogP contribution in [0, 0.1) is 5.41 Å². The highest BCUT2D eigenvalue weighted by atomic mass is 16.5. The summed E-state index contributed by atoms with van der Waals surface area (Å²) in [5.74, 6) is 0.0826. The van der Waals surface area contributed by atoms with Gasteiger partial charge in [-0.1, -0.05) is 0 Å². The lowest BCUT2D eigenvalue weighted by Crippen LogP contribution is -2.15. The van der Waals surface area contributed by atoms with Crippen LogP contribution in [0.4, 0.5) is 0 Å². The molecule has 3 N–H and O–H groups in total. The van der Waals surface area contributed by atoms with Gasteiger partial charge in [0.15, 0.2) is 0 Å². The molecule has 0 amide bonds. The van der Waals surface area contributed by atoms with Gasteiger partial charge in [-0.15, -0.1) is 0 Å². The predicted molar refractivity (Wildman–Crippen MR) is 53.4 cm³/mol. The summed E-state index contributed by atoms with van der Waals surface area (Å²) in [5.41, 5.74) is 5.96. The zero-order valence-corrected chi connectivity index (χ0v) is 8.32. The monoisotopic (exact) mass is 194 g/mol. The summed E-state index contributed by atoms with van der Waals surface area (Å²) in [6, 6.07) is 2.05. The molecular weight excluding hydrogens is 180 g/mol. The van der Waals surface area contributed by atoms with E-state index in [1.54, 1.807) is 12.3 Å². The Morgan fingerprint density at radius 2 is 2.36 bits per heavy atom. The van der Waals surface area contributed by atoms with E-state index in [9.17, 15) is 0 Å². The number of hydrogen-bond acceptors (Lipinski definition) is 4. The Morgan fingerprint density at radius 3 is 2.93 bits per heavy atom. The van der Waals surface area contributed by atoms with Crippen LogP contribution in [0.25, 0.3) is 0 Å². The molecule has 0 aromatic carbocycles. The van der Waals surface area contributed by atoms with Gasteiger partial charge in [-0.3, -0.25) is 5.41 Å². The van der Waals surface area contributed by atoms with Gasteiger partial charge in [0.2, 0.25) is 0 Å². The third-order valence-corrected chi connectivity index (χ3v) is 1.40. The van der Waals surface area contributed by atoms with Crippen LogP contribution < -0.4 is 10.5 Å². The second kappa shape index (κ2) is 4.55. The number of amidine groups is 1. The quantitative estimate of drug-likeness (QED) is 0.547. The molecule has 0 spiro atoms. The molecule has 0 radical (unpaired) electrons. The Kier molecular flexibility index (Phi) is 3.39. The molecule has 0 aliphatic carbocycles. The SMILES string of the molecule is CC(C)Oc1nccc(CC(=N)N)n1. The van der Waals surface area contributed by atoms with Crippen LogP contribution in [0.15, 0.2) is 12.3 Å². The van der Waals surface area contributed by atoms with Crippen LogP contribution in [-0.4, -0.2) is 21.9 Å². The highest BCUT2D eigenvalue weighted by molar-refractivity contribution is 5.78. The van der Waals surface area contributed by atoms with E-state index in [2.05, 4.69) is 9.97 Å². The van der Waals surface area contributed by atoms with Crippen LogP contribution in [-0.2, 0) is 6.42 Å². The first-order valence-electron chi connectivity index (χ1n) is 4.39. The van der Waals surface area contributed by atoms with Gasteiger partial charge in [-0.25, -0.2) is 4.98 Å². The van der Waals surface area contributed by atoms with Crippen molar-refractivity contribution < 1.29 is 4.74 Å². The number of nitrogens with one attached hydrogen (secondary N) is 1. The standard InChI is InChI=1S/C9H14N4O/c1-6(2)14-9-12-4-3-7(13-9)5-8(10)11/h3-4,6H,5H2,1-2H3,(H3,10,11). The van der Waals surface area contributed by atoms with Crippen molar-refractivity contribution in [3.8, 4) is 6.01 Å². The summed E-state index contributed by atoms with van der Waals surface area (Å²) in [7, 11) is 0. The Balaban J connectivity index is 2.73. The maximum Gasteiger partial charge on any atom is 0.316 e. The number of nitrogens with two attached hydrogens (primary N) is 1. The van der Waals surface area contributed by atoms with E-state index in [0.29, 0.717) is 18.1 Å². The topological polar surface area (TPSA) is 84.9 Å². The molecule has 0 fully saturated rings. The van der Waals surface area contributed by atoms with Gasteiger partial charge in [-0.2, -0.15) is 4.98 Å². The smallest absolute Gasteiger partial charge is 0.316 e. The number of nitrogens with zero attached hydrogens (tertiary/aromatic N) is 2. The van der Waals surface area contributed by atoms with E-state index in [0.717, 1.165) is 0 Å². The lowest BCUT2D eigenvalue weighted by molar-refractivity contribution is 0.221. The zero-order chi connectivity index (χ0) is 10.6. The highest BCUT2D eigenvalue weighted by Crippen LogP contribution is 2.05. The minimum Gasteiger partial charge on any atom is -0.461 e. The molecule has 0 aliphatic rings. The second-order valence-corrected chi connectivity index (χ2v) is 3.20. The molecular formula is C9H14N4O. The van der Waals surface area contributed by atoms with Crippen LogP contribution in [0.3, 0.4) is 0 Å². The van der Waals surface area contributed by atoms with E-state index in [1.165, 1.54) is 0 Å². The number of aromatic nitrogens is 2. The van der Waals surface area contributed by atoms with E-state index < -0.39 is 0 Å². The van der Waals surface area contributed by atoms with Gasteiger partial charge in [0.05, 0.1) is 17.6 Å². The van der Waals surface area contributed by atoms with Gasteiger partial charge in [-0.05, 0) is 19.9 Å². The van der Waals surface area contributed by atoms with Crippen molar-refractivity contribution in [2.45, 2.75) is 26.4 Å². The van der Waals surface area contributed by atoms with Gasteiger partial charge in [0.1, 0.15) is 0 Å². The molecule has 1 aromatic rings. The lowest BCUT2D eigenvalue weighted by Gasteiger charge is -2.07. The predicted octanol–water partition coefficient (Wildman–Crippen LogP) is 0.742. The molecule has 76 valence electrons. The maximum absolute atomic E-state index is 7.12. The van der Waals surface area contributed by atoms with Crippen molar-refractivity contribution in [3.63, 3.8) is 0 Å². The van der Waals surface area contributed by atoms with E-state index in [4.69, 9.17) is 15.9 Å². The Labute approximate surface area is 82.8 Å². The Hall–Kier alpha value is -1.65. The van der Waals surface area contributed by atoms with Crippen molar-refractivity contribution in [1.82, 2.24) is 9.97 Å². The van der Waals surface area contributed by atoms with Crippen LogP contribution in [0.1, 0.15) is 19.5 Å². The average Bonchev–Trinajstić information content (AvgIpc) is 2.01. The first-order chi connectivity index (χ1) is 6.58. The fourth-order valence-corrected chi connectivity index (χ4v) is 0.937. The summed E-state index contributed by atoms with van der Waals surface area (Å²) in [5, 5.41) is 7.12. The number of hydrogen-bond donors (Lipinski definition) is 2. The zero-order valence-electron chi connectivity index (χ0n) is 8.32. The number of rotatable bonds is 4. The first-order valence-corrected chi connectivity index (χ1v) is 4.39. The molecule has 0 atom stereocenters. The largest absolute Gasteiger partial charge is 0.461 e. The Morgan fingerprint density at radius 1 is 1.64 bits per heavy atom. The lowest BCUT2D eigenvalue weighted by atomic mass is 10.3. The molecule has 0 aliphatic heterocycles. The first kappa shape index (κ1) is 10.4. The number of ether oxygens (including phenoxy) is 1. The normalized spacial score (nSPS) is 10.2. The summed E-state index contributed by atoms with van der Waals surface area (Å²) < 4.78 is 5.30. The van der Waals surface area contributed by atoms with E-state index in [-0.39, 0.29) is 11.9 Å². The maximum atomic E-state index is 7.12. The van der Waals surface area contributed by atoms with Gasteiger partial charge in [0, 0.05) is 12.6 Å². The molecule has 0 saturated carbocycles. The summed E-state index contributed by atoms with van der Waals surface area (Å²) in [6.07, 6.45) is 1.97. The van der Waals surface area contributed by atoms with Crippen molar-refractivity contribution in [1.29, 1.82) is 5.41 Å². The van der Waals surface area contributed by atoms with Crippen molar-refractivity contribution in [2.24, 2.45) is 5.73 Å². The van der Waals surface area contributed by atoms with Crippen LogP contribution in [0.5, 0.6) is 6.01 Å². The van der Waals surface area contributed by atoms with Gasteiger partial charge < -0.3 is 10.5 Å². The molecule has 1 rings (SSSR count). The molecule has 0 saturated heterocycles. The highest BCUT2D eigenvalue weighted by Gasteiger charge is 2.03. The fraction of sp³-hybridized carbons (Fsp3) is 0.444. The molecule has 0 bridgehead atoms. The minimum absolute atomic E-state index is 0.0441. The molecule has 0 unspecified atom stereocenters. The summed E-state index contributed by atoms with van der Waals surface area (Å²) >= 11 is 0. The average molecular weight is 194 g/mol. The second-order valence-electron chi connectivity index (χ2n) is 3.20. The van der Waals surface area contributed by atoms with Gasteiger partial charge in [0.25, 0.3) is 0 Å². The summed E-state index contributed by atoms with van der Waals surface area (Å²) in [6.45, 7) is 3.81. The molecule has 14 heavy (non-hydrogen) atoms. The van der Waals surface area contributed by atoms with Crippen LogP contribution in [0.2, 0.25) is 0 Å². The van der Waals surface area contributed by atoms with Crippen molar-refractivity contribution >= 4 is 5.84 Å². The molecule has 1 heterocycles. The summed E-state index contributed by atoms with van der Waals surface area (Å²) in [4.78, 5) is 8.04. The van der Waals surface area contributed by atoms with Crippen molar-refractivity contribution in [2.75, 3.05) is 0 Å². The third kappa shape index (κ3) is 3.38. The fourth-order valence-electron chi connectivity index (χ4n) is 0.937. The molecule has 1 aromatic heterocycles. The van der Waals surface area contributed by atoms with E-state index >= 15 is 0 Å². The molecule has 5 heteroatoms. The van der Waals surface area contributed by atoms with Gasteiger partial charge >= 0.3 is 6.01 Å². The Bertz CT molecular complexity index is 324.